The van der Waals surface area contributed by atoms with Crippen LogP contribution in [0.25, 0.3) is 0 Å². The Morgan fingerprint density at radius 2 is 2.04 bits per heavy atom. The highest BCUT2D eigenvalue weighted by atomic mass is 19.3. The minimum Gasteiger partial charge on any atom is -0.354 e. The van der Waals surface area contributed by atoms with E-state index in [1.807, 2.05) is 13.8 Å². The second-order valence-corrected chi connectivity index (χ2v) is 6.85. The number of nitrogens with one attached hydrogen (secondary N) is 1. The van der Waals surface area contributed by atoms with Crippen LogP contribution >= 0.6 is 0 Å². The van der Waals surface area contributed by atoms with E-state index >= 15 is 0 Å². The van der Waals surface area contributed by atoms with Gasteiger partial charge in [-0.2, -0.15) is 0 Å². The second kappa shape index (κ2) is 7.05. The lowest BCUT2D eigenvalue weighted by Gasteiger charge is -2.24. The molecule has 1 aliphatic heterocycles. The van der Waals surface area contributed by atoms with E-state index in [0.29, 0.717) is 5.56 Å². The number of amides is 2. The first-order valence-electron chi connectivity index (χ1n) is 8.58. The van der Waals surface area contributed by atoms with Crippen molar-refractivity contribution in [3.8, 4) is 0 Å². The van der Waals surface area contributed by atoms with Crippen LogP contribution in [0.5, 0.6) is 0 Å². The van der Waals surface area contributed by atoms with Crippen molar-refractivity contribution in [2.75, 3.05) is 13.6 Å². The van der Waals surface area contributed by atoms with Gasteiger partial charge in [-0.25, -0.2) is 13.5 Å². The van der Waals surface area contributed by atoms with E-state index in [2.05, 4.69) is 15.6 Å². The second-order valence-electron chi connectivity index (χ2n) is 6.85. The van der Waals surface area contributed by atoms with Gasteiger partial charge in [0.05, 0.1) is 25.3 Å². The van der Waals surface area contributed by atoms with Gasteiger partial charge in [0, 0.05) is 19.0 Å². The third kappa shape index (κ3) is 3.96. The molecule has 2 amide bonds. The van der Waals surface area contributed by atoms with Crippen LogP contribution in [0.2, 0.25) is 0 Å². The van der Waals surface area contributed by atoms with Crippen molar-refractivity contribution in [2.24, 2.45) is 0 Å². The molecule has 2 heterocycles. The van der Waals surface area contributed by atoms with Crippen LogP contribution in [-0.2, 0) is 6.54 Å². The Morgan fingerprint density at radius 1 is 1.30 bits per heavy atom. The van der Waals surface area contributed by atoms with Crippen molar-refractivity contribution in [3.05, 3.63) is 46.8 Å². The van der Waals surface area contributed by atoms with Crippen LogP contribution in [0.15, 0.2) is 24.4 Å². The molecule has 1 aromatic carbocycles. The number of rotatable bonds is 4. The van der Waals surface area contributed by atoms with Crippen molar-refractivity contribution in [1.29, 1.82) is 0 Å². The van der Waals surface area contributed by atoms with Crippen LogP contribution in [0.1, 0.15) is 38.4 Å². The molecule has 0 radical (unpaired) electrons. The fraction of sp³-hybridized carbons (Fsp3) is 0.444. The molecule has 144 valence electrons. The molecule has 1 fully saturated rings. The predicted octanol–water partition coefficient (Wildman–Crippen LogP) is 1.80. The maximum absolute atomic E-state index is 14.1. The van der Waals surface area contributed by atoms with Crippen LogP contribution in [0, 0.1) is 13.8 Å². The van der Waals surface area contributed by atoms with Gasteiger partial charge in [-0.3, -0.25) is 9.59 Å². The van der Waals surface area contributed by atoms with Crippen LogP contribution < -0.4 is 5.32 Å². The molecule has 0 saturated carbocycles. The summed E-state index contributed by atoms with van der Waals surface area (Å²) in [5, 5.41) is 9.96. The summed E-state index contributed by atoms with van der Waals surface area (Å²) in [6, 6.07) is 4.42. The zero-order valence-corrected chi connectivity index (χ0v) is 15.4. The van der Waals surface area contributed by atoms with Gasteiger partial charge >= 0.3 is 0 Å². The molecule has 9 heteroatoms. The highest BCUT2D eigenvalue weighted by molar-refractivity contribution is 5.95. The number of carbonyl (C=O) groups is 2. The smallest absolute Gasteiger partial charge is 0.273 e. The Kier molecular flexibility index (Phi) is 4.95. The number of benzene rings is 1. The normalized spacial score (nSPS) is 18.6. The van der Waals surface area contributed by atoms with Crippen LogP contribution in [-0.4, -0.2) is 57.3 Å². The molecule has 27 heavy (non-hydrogen) atoms. The van der Waals surface area contributed by atoms with E-state index in [1.54, 1.807) is 18.2 Å². The lowest BCUT2D eigenvalue weighted by atomic mass is 10.1. The summed E-state index contributed by atoms with van der Waals surface area (Å²) in [4.78, 5) is 25.6. The summed E-state index contributed by atoms with van der Waals surface area (Å²) in [6.45, 7) is 3.19. The topological polar surface area (TPSA) is 80.1 Å². The molecule has 0 spiro atoms. The van der Waals surface area contributed by atoms with E-state index in [-0.39, 0.29) is 12.2 Å². The molecule has 3 rings (SSSR count). The van der Waals surface area contributed by atoms with Gasteiger partial charge in [-0.1, -0.05) is 11.3 Å². The minimum absolute atomic E-state index is 0.0379. The van der Waals surface area contributed by atoms with Gasteiger partial charge in [0.25, 0.3) is 17.7 Å². The van der Waals surface area contributed by atoms with Gasteiger partial charge in [-0.15, -0.1) is 5.10 Å². The van der Waals surface area contributed by atoms with Crippen molar-refractivity contribution >= 4 is 11.8 Å². The number of likely N-dealkylation sites (tertiary alicyclic amines) is 1. The maximum Gasteiger partial charge on any atom is 0.273 e. The first kappa shape index (κ1) is 18.9. The number of aryl methyl sites for hydroxylation is 2. The Morgan fingerprint density at radius 3 is 2.70 bits per heavy atom. The standard InChI is InChI=1S/C18H21F2N5O2/c1-11-4-5-13(6-12(11)2)17(27)25-10-18(19,20)7-14(25)8-24-9-15(22-23-24)16(26)21-3/h4-6,9,14H,7-8,10H2,1-3H3,(H,21,26). The van der Waals surface area contributed by atoms with Crippen molar-refractivity contribution in [3.63, 3.8) is 0 Å². The fourth-order valence-electron chi connectivity index (χ4n) is 3.17. The Balaban J connectivity index is 1.82. The van der Waals surface area contributed by atoms with Gasteiger partial charge in [0.2, 0.25) is 0 Å². The van der Waals surface area contributed by atoms with Gasteiger partial charge in [0.1, 0.15) is 0 Å². The Hall–Kier alpha value is -2.84. The summed E-state index contributed by atoms with van der Waals surface area (Å²) < 4.78 is 29.4. The molecule has 0 aliphatic carbocycles. The Labute approximate surface area is 155 Å². The largest absolute Gasteiger partial charge is 0.354 e. The average Bonchev–Trinajstić information content (AvgIpc) is 3.20. The molecule has 1 N–H and O–H groups in total. The molecule has 1 atom stereocenters. The number of nitrogens with zero attached hydrogens (tertiary/aromatic N) is 4. The van der Waals surface area contributed by atoms with E-state index < -0.39 is 36.7 Å². The third-order valence-electron chi connectivity index (χ3n) is 4.79. The van der Waals surface area contributed by atoms with Gasteiger partial charge < -0.3 is 10.2 Å². The SMILES string of the molecule is CNC(=O)c1cn(CC2CC(F)(F)CN2C(=O)c2ccc(C)c(C)c2)nn1. The minimum atomic E-state index is -2.97. The molecular formula is C18H21F2N5O2. The molecule has 0 bridgehead atoms. The van der Waals surface area contributed by atoms with Gasteiger partial charge in [-0.05, 0) is 37.1 Å². The molecule has 1 unspecified atom stereocenters. The van der Waals surface area contributed by atoms with Gasteiger partial charge in [0.15, 0.2) is 5.69 Å². The number of hydrogen-bond acceptors (Lipinski definition) is 4. The van der Waals surface area contributed by atoms with Crippen LogP contribution in [0.4, 0.5) is 8.78 Å². The lowest BCUT2D eigenvalue weighted by molar-refractivity contribution is 0.0117. The first-order valence-corrected chi connectivity index (χ1v) is 8.58. The zero-order valence-electron chi connectivity index (χ0n) is 15.4. The summed E-state index contributed by atoms with van der Waals surface area (Å²) in [7, 11) is 1.46. The van der Waals surface area contributed by atoms with Crippen molar-refractivity contribution in [1.82, 2.24) is 25.2 Å². The summed E-state index contributed by atoms with van der Waals surface area (Å²) >= 11 is 0. The average molecular weight is 377 g/mol. The van der Waals surface area contributed by atoms with E-state index in [4.69, 9.17) is 0 Å². The number of aromatic nitrogens is 3. The Bertz CT molecular complexity index is 880. The number of hydrogen-bond donors (Lipinski definition) is 1. The number of halogens is 2. The fourth-order valence-corrected chi connectivity index (χ4v) is 3.17. The van der Waals surface area contributed by atoms with Crippen molar-refractivity contribution in [2.45, 2.75) is 38.8 Å². The molecular weight excluding hydrogens is 356 g/mol. The lowest BCUT2D eigenvalue weighted by Crippen LogP contribution is -2.38. The molecule has 1 aliphatic rings. The zero-order chi connectivity index (χ0) is 19.8. The van der Waals surface area contributed by atoms with Crippen molar-refractivity contribution < 1.29 is 18.4 Å². The summed E-state index contributed by atoms with van der Waals surface area (Å²) in [5.41, 5.74) is 2.42. The predicted molar refractivity (Wildman–Crippen MR) is 93.7 cm³/mol. The molecule has 1 saturated heterocycles. The summed E-state index contributed by atoms with van der Waals surface area (Å²) in [6.07, 6.45) is 0.923. The monoisotopic (exact) mass is 377 g/mol. The highest BCUT2D eigenvalue weighted by Crippen LogP contribution is 2.34. The molecule has 1 aromatic heterocycles. The van der Waals surface area contributed by atoms with E-state index in [1.165, 1.54) is 22.8 Å². The van der Waals surface area contributed by atoms with E-state index in [0.717, 1.165) is 11.1 Å². The van der Waals surface area contributed by atoms with E-state index in [9.17, 15) is 18.4 Å². The molecule has 2 aromatic rings. The summed E-state index contributed by atoms with van der Waals surface area (Å²) in [5.74, 6) is -3.82. The third-order valence-corrected chi connectivity index (χ3v) is 4.79. The number of carbonyl (C=O) groups excluding carboxylic acids is 2. The maximum atomic E-state index is 14.1. The quantitative estimate of drug-likeness (QED) is 0.881. The highest BCUT2D eigenvalue weighted by Gasteiger charge is 2.47. The molecule has 7 nitrogen and oxygen atoms in total. The number of alkyl halides is 2. The first-order chi connectivity index (χ1) is 12.7. The van der Waals surface area contributed by atoms with Crippen LogP contribution in [0.3, 0.4) is 0 Å².